The van der Waals surface area contributed by atoms with E-state index in [4.69, 9.17) is 4.74 Å². The Bertz CT molecular complexity index is 1070. The number of aromatic nitrogens is 1. The number of rotatable bonds is 7. The number of hydrogen-bond acceptors (Lipinski definition) is 6. The monoisotopic (exact) mass is 421 g/mol. The molecule has 0 saturated heterocycles. The van der Waals surface area contributed by atoms with Crippen molar-refractivity contribution in [2.24, 2.45) is 0 Å². The Morgan fingerprint density at radius 1 is 1.13 bits per heavy atom. The maximum Gasteiger partial charge on any atom is 0.350 e. The van der Waals surface area contributed by atoms with Gasteiger partial charge in [0.1, 0.15) is 11.5 Å². The van der Waals surface area contributed by atoms with Gasteiger partial charge in [0, 0.05) is 17.3 Å². The van der Waals surface area contributed by atoms with Gasteiger partial charge in [-0.25, -0.2) is 9.78 Å². The van der Waals surface area contributed by atoms with Crippen molar-refractivity contribution in [1.82, 2.24) is 10.3 Å². The molecular formula is C23H23N3O3S. The Balaban J connectivity index is 1.45. The molecule has 2 N–H and O–H groups in total. The number of anilines is 2. The molecule has 0 bridgehead atoms. The zero-order valence-electron chi connectivity index (χ0n) is 16.9. The Labute approximate surface area is 179 Å². The van der Waals surface area contributed by atoms with Crippen LogP contribution in [0.1, 0.15) is 49.7 Å². The van der Waals surface area contributed by atoms with Crippen LogP contribution in [-0.2, 0) is 11.3 Å². The lowest BCUT2D eigenvalue weighted by atomic mass is 10.1. The van der Waals surface area contributed by atoms with E-state index in [9.17, 15) is 9.59 Å². The third kappa shape index (κ3) is 4.86. The van der Waals surface area contributed by atoms with Crippen molar-refractivity contribution >= 4 is 34.0 Å². The first kappa shape index (κ1) is 20.1. The van der Waals surface area contributed by atoms with E-state index in [0.717, 1.165) is 29.7 Å². The molecule has 0 aliphatic heterocycles. The molecule has 30 heavy (non-hydrogen) atoms. The van der Waals surface area contributed by atoms with E-state index in [0.29, 0.717) is 27.3 Å². The van der Waals surface area contributed by atoms with E-state index in [-0.39, 0.29) is 12.5 Å². The van der Waals surface area contributed by atoms with Crippen molar-refractivity contribution in [3.8, 4) is 0 Å². The zero-order chi connectivity index (χ0) is 21.1. The smallest absolute Gasteiger partial charge is 0.350 e. The van der Waals surface area contributed by atoms with Crippen molar-refractivity contribution < 1.29 is 14.3 Å². The molecule has 6 nitrogen and oxygen atoms in total. The highest BCUT2D eigenvalue weighted by Gasteiger charge is 2.24. The lowest BCUT2D eigenvalue weighted by Gasteiger charge is -2.10. The molecule has 1 aliphatic carbocycles. The first-order chi connectivity index (χ1) is 14.5. The molecule has 7 heteroatoms. The Kier molecular flexibility index (Phi) is 5.81. The fourth-order valence-electron chi connectivity index (χ4n) is 2.94. The topological polar surface area (TPSA) is 80.3 Å². The predicted octanol–water partition coefficient (Wildman–Crippen LogP) is 4.75. The van der Waals surface area contributed by atoms with E-state index >= 15 is 0 Å². The van der Waals surface area contributed by atoms with Crippen LogP contribution in [0.15, 0.2) is 48.5 Å². The molecule has 0 atom stereocenters. The largest absolute Gasteiger partial charge is 0.457 e. The Morgan fingerprint density at radius 3 is 2.63 bits per heavy atom. The maximum atomic E-state index is 12.5. The second-order valence-electron chi connectivity index (χ2n) is 7.40. The molecule has 1 amide bonds. The van der Waals surface area contributed by atoms with Gasteiger partial charge in [-0.15, -0.1) is 0 Å². The average Bonchev–Trinajstić information content (AvgIpc) is 3.48. The molecule has 0 unspecified atom stereocenters. The molecule has 0 radical (unpaired) electrons. The number of amides is 1. The van der Waals surface area contributed by atoms with Crippen molar-refractivity contribution in [3.63, 3.8) is 0 Å². The number of ether oxygens (including phenoxy) is 1. The van der Waals surface area contributed by atoms with Crippen LogP contribution in [-0.4, -0.2) is 22.9 Å². The van der Waals surface area contributed by atoms with Gasteiger partial charge in [-0.05, 0) is 49.9 Å². The number of benzene rings is 2. The van der Waals surface area contributed by atoms with Gasteiger partial charge >= 0.3 is 5.97 Å². The highest BCUT2D eigenvalue weighted by molar-refractivity contribution is 7.17. The van der Waals surface area contributed by atoms with Gasteiger partial charge in [0.15, 0.2) is 5.13 Å². The summed E-state index contributed by atoms with van der Waals surface area (Å²) in [4.78, 5) is 29.8. The van der Waals surface area contributed by atoms with Crippen molar-refractivity contribution in [3.05, 3.63) is 75.8 Å². The van der Waals surface area contributed by atoms with Crippen molar-refractivity contribution in [2.75, 3.05) is 5.32 Å². The Morgan fingerprint density at radius 2 is 1.90 bits per heavy atom. The normalized spacial score (nSPS) is 13.0. The fourth-order valence-corrected chi connectivity index (χ4v) is 3.81. The highest BCUT2D eigenvalue weighted by Crippen LogP contribution is 2.29. The van der Waals surface area contributed by atoms with Crippen LogP contribution in [0.4, 0.5) is 10.8 Å². The molecule has 1 aromatic heterocycles. The van der Waals surface area contributed by atoms with Crippen molar-refractivity contribution in [1.29, 1.82) is 0 Å². The minimum absolute atomic E-state index is 0.0685. The number of hydrogen-bond donors (Lipinski definition) is 2. The summed E-state index contributed by atoms with van der Waals surface area (Å²) >= 11 is 1.24. The molecule has 1 saturated carbocycles. The summed E-state index contributed by atoms with van der Waals surface area (Å²) in [6.07, 6.45) is 2.09. The summed E-state index contributed by atoms with van der Waals surface area (Å²) in [5.74, 6) is -0.461. The van der Waals surface area contributed by atoms with Crippen LogP contribution in [0.25, 0.3) is 0 Å². The summed E-state index contributed by atoms with van der Waals surface area (Å²) in [6.45, 7) is 3.96. The van der Waals surface area contributed by atoms with Crippen LogP contribution < -0.4 is 10.6 Å². The lowest BCUT2D eigenvalue weighted by molar-refractivity contribution is 0.0477. The van der Waals surface area contributed by atoms with Crippen LogP contribution in [0.3, 0.4) is 0 Å². The van der Waals surface area contributed by atoms with Crippen LogP contribution in [0.2, 0.25) is 0 Å². The minimum atomic E-state index is -0.392. The highest BCUT2D eigenvalue weighted by atomic mass is 32.1. The second-order valence-corrected chi connectivity index (χ2v) is 8.40. The van der Waals surface area contributed by atoms with Gasteiger partial charge in [-0.2, -0.15) is 0 Å². The molecular weight excluding hydrogens is 398 g/mol. The fraction of sp³-hybridized carbons (Fsp3) is 0.261. The summed E-state index contributed by atoms with van der Waals surface area (Å²) in [7, 11) is 0. The van der Waals surface area contributed by atoms with Gasteiger partial charge in [0.2, 0.25) is 0 Å². The van der Waals surface area contributed by atoms with E-state index in [2.05, 4.69) is 15.6 Å². The first-order valence-corrected chi connectivity index (χ1v) is 10.7. The maximum absolute atomic E-state index is 12.5. The summed E-state index contributed by atoms with van der Waals surface area (Å²) in [5, 5.41) is 6.83. The number of esters is 1. The van der Waals surface area contributed by atoms with Crippen molar-refractivity contribution in [2.45, 2.75) is 39.3 Å². The zero-order valence-corrected chi connectivity index (χ0v) is 17.7. The third-order valence-corrected chi connectivity index (χ3v) is 5.90. The summed E-state index contributed by atoms with van der Waals surface area (Å²) in [6, 6.07) is 15.4. The SMILES string of the molecule is Cc1ccc(C(=O)NC2CC2)cc1Nc1nc(C)c(C(=O)OCc2ccccc2)s1. The molecule has 1 fully saturated rings. The number of carbonyl (C=O) groups excluding carboxylic acids is 2. The van der Waals surface area contributed by atoms with Gasteiger partial charge in [-0.1, -0.05) is 47.7 Å². The molecule has 154 valence electrons. The predicted molar refractivity (Wildman–Crippen MR) is 117 cm³/mol. The van der Waals surface area contributed by atoms with E-state index in [1.807, 2.05) is 55.5 Å². The minimum Gasteiger partial charge on any atom is -0.457 e. The number of nitrogens with zero attached hydrogens (tertiary/aromatic N) is 1. The number of thiazole rings is 1. The van der Waals surface area contributed by atoms with Crippen LogP contribution in [0.5, 0.6) is 0 Å². The molecule has 2 aromatic carbocycles. The molecule has 3 aromatic rings. The van der Waals surface area contributed by atoms with Gasteiger partial charge in [0.05, 0.1) is 5.69 Å². The lowest BCUT2D eigenvalue weighted by Crippen LogP contribution is -2.25. The Hall–Kier alpha value is -3.19. The van der Waals surface area contributed by atoms with Gasteiger partial charge < -0.3 is 15.4 Å². The standard InChI is InChI=1S/C23H23N3O3S/c1-14-8-9-17(21(27)25-18-10-11-18)12-19(14)26-23-24-15(2)20(30-23)22(28)29-13-16-6-4-3-5-7-16/h3-9,12,18H,10-11,13H2,1-2H3,(H,24,26)(H,25,27). The van der Waals surface area contributed by atoms with E-state index < -0.39 is 5.97 Å². The first-order valence-electron chi connectivity index (χ1n) is 9.86. The van der Waals surface area contributed by atoms with E-state index in [1.54, 1.807) is 6.92 Å². The second kappa shape index (κ2) is 8.67. The molecule has 1 aliphatic rings. The van der Waals surface area contributed by atoms with Crippen LogP contribution >= 0.6 is 11.3 Å². The molecule has 0 spiro atoms. The number of nitrogens with one attached hydrogen (secondary N) is 2. The summed E-state index contributed by atoms with van der Waals surface area (Å²) in [5.41, 5.74) is 3.92. The summed E-state index contributed by atoms with van der Waals surface area (Å²) < 4.78 is 5.43. The molecule has 1 heterocycles. The van der Waals surface area contributed by atoms with E-state index in [1.165, 1.54) is 11.3 Å². The van der Waals surface area contributed by atoms with Gasteiger partial charge in [0.25, 0.3) is 5.91 Å². The number of carbonyl (C=O) groups is 2. The third-order valence-electron chi connectivity index (χ3n) is 4.85. The molecule has 4 rings (SSSR count). The average molecular weight is 422 g/mol. The quantitative estimate of drug-likeness (QED) is 0.538. The van der Waals surface area contributed by atoms with Crippen LogP contribution in [0, 0.1) is 13.8 Å². The van der Waals surface area contributed by atoms with Gasteiger partial charge in [-0.3, -0.25) is 4.79 Å². The number of aryl methyl sites for hydroxylation is 2.